The topological polar surface area (TPSA) is 46.9 Å². The van der Waals surface area contributed by atoms with Gasteiger partial charge >= 0.3 is 0 Å². The number of halogens is 3. The average molecular weight is 314 g/mol. The van der Waals surface area contributed by atoms with E-state index >= 15 is 0 Å². The lowest BCUT2D eigenvalue weighted by molar-refractivity contribution is 0.503. The van der Waals surface area contributed by atoms with Crippen LogP contribution in [0.15, 0.2) is 29.2 Å². The molecule has 0 fully saturated rings. The molecule has 7 heteroatoms. The van der Waals surface area contributed by atoms with Gasteiger partial charge in [-0.15, -0.1) is 0 Å². The van der Waals surface area contributed by atoms with Gasteiger partial charge in [-0.1, -0.05) is 17.7 Å². The summed E-state index contributed by atoms with van der Waals surface area (Å²) < 4.78 is 27.6. The van der Waals surface area contributed by atoms with Gasteiger partial charge in [0.1, 0.15) is 16.7 Å². The summed E-state index contributed by atoms with van der Waals surface area (Å²) in [5, 5.41) is 6.80. The molecule has 21 heavy (non-hydrogen) atoms. The van der Waals surface area contributed by atoms with Gasteiger partial charge in [0.05, 0.1) is 17.9 Å². The molecule has 0 radical (unpaired) electrons. The van der Waals surface area contributed by atoms with Crippen molar-refractivity contribution in [2.24, 2.45) is 0 Å². The molecule has 4 nitrogen and oxygen atoms in total. The highest BCUT2D eigenvalue weighted by Crippen LogP contribution is 2.18. The number of benzene rings is 1. The molecule has 0 aliphatic rings. The Hall–Kier alpha value is -1.95. The zero-order chi connectivity index (χ0) is 15.6. The number of nitrogens with one attached hydrogen (secondary N) is 1. The van der Waals surface area contributed by atoms with Gasteiger partial charge in [-0.25, -0.2) is 13.5 Å². The Balaban J connectivity index is 2.21. The molecule has 1 aromatic carbocycles. The zero-order valence-electron chi connectivity index (χ0n) is 11.5. The molecule has 1 heterocycles. The minimum Gasteiger partial charge on any atom is -0.378 e. The molecule has 0 saturated heterocycles. The van der Waals surface area contributed by atoms with E-state index in [-0.39, 0.29) is 23.2 Å². The van der Waals surface area contributed by atoms with Crippen molar-refractivity contribution >= 4 is 17.3 Å². The third-order valence-electron chi connectivity index (χ3n) is 2.92. The second-order valence-corrected chi connectivity index (χ2v) is 5.18. The number of hydrogen-bond donors (Lipinski definition) is 1. The quantitative estimate of drug-likeness (QED) is 0.941. The Morgan fingerprint density at radius 1 is 1.38 bits per heavy atom. The monoisotopic (exact) mass is 313 g/mol. The van der Waals surface area contributed by atoms with Crippen LogP contribution in [-0.4, -0.2) is 9.78 Å². The van der Waals surface area contributed by atoms with E-state index in [1.54, 1.807) is 0 Å². The second kappa shape index (κ2) is 6.22. The SMILES string of the molecule is CC(C)n1ncc(NCc2ccc(F)cc2F)c(Cl)c1=O. The summed E-state index contributed by atoms with van der Waals surface area (Å²) in [5.41, 5.74) is 0.152. The number of hydrogen-bond acceptors (Lipinski definition) is 3. The maximum absolute atomic E-state index is 13.5. The lowest BCUT2D eigenvalue weighted by Gasteiger charge is -2.12. The summed E-state index contributed by atoms with van der Waals surface area (Å²) in [4.78, 5) is 12.0. The van der Waals surface area contributed by atoms with E-state index in [1.165, 1.54) is 16.9 Å². The van der Waals surface area contributed by atoms with Crippen LogP contribution in [0.25, 0.3) is 0 Å². The number of anilines is 1. The third-order valence-corrected chi connectivity index (χ3v) is 3.28. The van der Waals surface area contributed by atoms with Crippen LogP contribution in [0.4, 0.5) is 14.5 Å². The normalized spacial score (nSPS) is 11.0. The smallest absolute Gasteiger partial charge is 0.287 e. The van der Waals surface area contributed by atoms with Gasteiger partial charge in [0.2, 0.25) is 0 Å². The van der Waals surface area contributed by atoms with Crippen LogP contribution in [0.5, 0.6) is 0 Å². The van der Waals surface area contributed by atoms with Crippen LogP contribution in [-0.2, 0) is 6.54 Å². The van der Waals surface area contributed by atoms with Gasteiger partial charge in [-0.05, 0) is 19.9 Å². The molecule has 2 rings (SSSR count). The van der Waals surface area contributed by atoms with E-state index in [2.05, 4.69) is 10.4 Å². The van der Waals surface area contributed by atoms with E-state index in [9.17, 15) is 13.6 Å². The summed E-state index contributed by atoms with van der Waals surface area (Å²) in [7, 11) is 0. The minimum absolute atomic E-state index is 0.0128. The molecule has 0 amide bonds. The van der Waals surface area contributed by atoms with Gasteiger partial charge < -0.3 is 5.32 Å². The van der Waals surface area contributed by atoms with Gasteiger partial charge in [-0.3, -0.25) is 4.79 Å². The number of rotatable bonds is 4. The molecule has 0 spiro atoms. The molecular weight excluding hydrogens is 300 g/mol. The van der Waals surface area contributed by atoms with Crippen molar-refractivity contribution in [3.8, 4) is 0 Å². The Bertz CT molecular complexity index is 716. The maximum Gasteiger partial charge on any atom is 0.287 e. The third kappa shape index (κ3) is 3.39. The standard InChI is InChI=1S/C14H14ClF2N3O/c1-8(2)20-14(21)13(15)12(7-19-20)18-6-9-3-4-10(16)5-11(9)17/h3-5,7-8,18H,6H2,1-2H3. The van der Waals surface area contributed by atoms with Crippen molar-refractivity contribution in [2.75, 3.05) is 5.32 Å². The van der Waals surface area contributed by atoms with E-state index < -0.39 is 17.2 Å². The highest BCUT2D eigenvalue weighted by molar-refractivity contribution is 6.32. The minimum atomic E-state index is -0.665. The van der Waals surface area contributed by atoms with Gasteiger partial charge in [0, 0.05) is 18.2 Å². The predicted octanol–water partition coefficient (Wildman–Crippen LogP) is 3.37. The molecule has 1 N–H and O–H groups in total. The zero-order valence-corrected chi connectivity index (χ0v) is 12.3. The molecule has 112 valence electrons. The lowest BCUT2D eigenvalue weighted by Crippen LogP contribution is -2.25. The summed E-state index contributed by atoms with van der Waals surface area (Å²) >= 11 is 5.98. The van der Waals surface area contributed by atoms with Crippen LogP contribution in [0, 0.1) is 11.6 Å². The van der Waals surface area contributed by atoms with Gasteiger partial charge in [-0.2, -0.15) is 5.10 Å². The van der Waals surface area contributed by atoms with Gasteiger partial charge in [0.25, 0.3) is 5.56 Å². The molecule has 2 aromatic rings. The molecule has 0 aliphatic carbocycles. The lowest BCUT2D eigenvalue weighted by atomic mass is 10.2. The Kier molecular flexibility index (Phi) is 4.57. The second-order valence-electron chi connectivity index (χ2n) is 4.80. The highest BCUT2D eigenvalue weighted by Gasteiger charge is 2.12. The fourth-order valence-corrected chi connectivity index (χ4v) is 1.99. The van der Waals surface area contributed by atoms with Crippen molar-refractivity contribution in [2.45, 2.75) is 26.4 Å². The van der Waals surface area contributed by atoms with Crippen molar-refractivity contribution in [1.29, 1.82) is 0 Å². The molecule has 1 aromatic heterocycles. The molecule has 0 bridgehead atoms. The first-order valence-electron chi connectivity index (χ1n) is 6.35. The first kappa shape index (κ1) is 15.4. The molecule has 0 aliphatic heterocycles. The van der Waals surface area contributed by atoms with Crippen molar-refractivity contribution < 1.29 is 8.78 Å². The summed E-state index contributed by atoms with van der Waals surface area (Å²) in [6.07, 6.45) is 1.41. The van der Waals surface area contributed by atoms with Crippen LogP contribution < -0.4 is 10.9 Å². The summed E-state index contributed by atoms with van der Waals surface area (Å²) in [6, 6.07) is 3.18. The highest BCUT2D eigenvalue weighted by atomic mass is 35.5. The largest absolute Gasteiger partial charge is 0.378 e. The molecular formula is C14H14ClF2N3O. The van der Waals surface area contributed by atoms with Crippen molar-refractivity contribution in [3.63, 3.8) is 0 Å². The van der Waals surface area contributed by atoms with Crippen LogP contribution in [0.2, 0.25) is 5.02 Å². The van der Waals surface area contributed by atoms with Gasteiger partial charge in [0.15, 0.2) is 0 Å². The van der Waals surface area contributed by atoms with E-state index in [4.69, 9.17) is 11.6 Å². The van der Waals surface area contributed by atoms with Crippen molar-refractivity contribution in [3.05, 3.63) is 57.0 Å². The van der Waals surface area contributed by atoms with Crippen LogP contribution >= 0.6 is 11.6 Å². The fraction of sp³-hybridized carbons (Fsp3) is 0.286. The Labute approximate surface area is 125 Å². The fourth-order valence-electron chi connectivity index (χ4n) is 1.79. The summed E-state index contributed by atoms with van der Waals surface area (Å²) in [5.74, 6) is -1.31. The van der Waals surface area contributed by atoms with Crippen LogP contribution in [0.3, 0.4) is 0 Å². The Morgan fingerprint density at radius 2 is 2.10 bits per heavy atom. The molecule has 0 unspecified atom stereocenters. The van der Waals surface area contributed by atoms with Crippen LogP contribution in [0.1, 0.15) is 25.5 Å². The number of nitrogens with zero attached hydrogens (tertiary/aromatic N) is 2. The Morgan fingerprint density at radius 3 is 2.71 bits per heavy atom. The molecule has 0 saturated carbocycles. The number of aromatic nitrogens is 2. The summed E-state index contributed by atoms with van der Waals surface area (Å²) in [6.45, 7) is 3.69. The first-order valence-corrected chi connectivity index (χ1v) is 6.73. The predicted molar refractivity (Wildman–Crippen MR) is 77.6 cm³/mol. The van der Waals surface area contributed by atoms with E-state index in [0.717, 1.165) is 12.1 Å². The van der Waals surface area contributed by atoms with E-state index in [1.807, 2.05) is 13.8 Å². The molecule has 0 atom stereocenters. The first-order chi connectivity index (χ1) is 9.90. The van der Waals surface area contributed by atoms with Crippen molar-refractivity contribution in [1.82, 2.24) is 9.78 Å². The maximum atomic E-state index is 13.5. The van der Waals surface area contributed by atoms with E-state index in [0.29, 0.717) is 5.69 Å². The average Bonchev–Trinajstić information content (AvgIpc) is 2.41.